The van der Waals surface area contributed by atoms with Crippen molar-refractivity contribution in [1.82, 2.24) is 0 Å². The Hall–Kier alpha value is -0.810. The van der Waals surface area contributed by atoms with Crippen molar-refractivity contribution in [3.05, 3.63) is 58.1 Å². The molecule has 0 spiro atoms. The lowest BCUT2D eigenvalue weighted by Crippen LogP contribution is -2.06. The molecule has 0 unspecified atom stereocenters. The summed E-state index contributed by atoms with van der Waals surface area (Å²) in [6.07, 6.45) is -4.36. The van der Waals surface area contributed by atoms with E-state index in [1.54, 1.807) is 6.07 Å². The lowest BCUT2D eigenvalue weighted by molar-refractivity contribution is -0.138. The van der Waals surface area contributed by atoms with Crippen molar-refractivity contribution in [2.24, 2.45) is 0 Å². The molecule has 0 amide bonds. The second-order valence-corrected chi connectivity index (χ2v) is 5.44. The molecule has 0 aromatic heterocycles. The zero-order chi connectivity index (χ0) is 14.0. The minimum Gasteiger partial charge on any atom is -0.166 e. The molecule has 0 N–H and O–H groups in total. The molecule has 19 heavy (non-hydrogen) atoms. The standard InChI is InChI=1S/C14H9Br2F3/c15-8-9-1-3-10(4-2-9)11-5-6-13(16)12(7-11)14(17,18)19/h1-7H,8H2. The predicted molar refractivity (Wildman–Crippen MR) is 77.2 cm³/mol. The minimum atomic E-state index is -4.36. The lowest BCUT2D eigenvalue weighted by Gasteiger charge is -2.11. The lowest BCUT2D eigenvalue weighted by atomic mass is 10.0. The first-order valence-electron chi connectivity index (χ1n) is 5.44. The second-order valence-electron chi connectivity index (χ2n) is 4.02. The van der Waals surface area contributed by atoms with Crippen LogP contribution in [0.5, 0.6) is 0 Å². The van der Waals surface area contributed by atoms with Gasteiger partial charge < -0.3 is 0 Å². The monoisotopic (exact) mass is 392 g/mol. The van der Waals surface area contributed by atoms with Gasteiger partial charge in [0.05, 0.1) is 5.56 Å². The summed E-state index contributed by atoms with van der Waals surface area (Å²) in [5.41, 5.74) is 1.74. The molecular weight excluding hydrogens is 385 g/mol. The van der Waals surface area contributed by atoms with Gasteiger partial charge in [0.2, 0.25) is 0 Å². The van der Waals surface area contributed by atoms with Gasteiger partial charge >= 0.3 is 6.18 Å². The molecule has 2 aromatic rings. The summed E-state index contributed by atoms with van der Waals surface area (Å²) in [4.78, 5) is 0. The fraction of sp³-hybridized carbons (Fsp3) is 0.143. The van der Waals surface area contributed by atoms with Crippen LogP contribution in [-0.4, -0.2) is 0 Å². The van der Waals surface area contributed by atoms with Crippen LogP contribution in [0.4, 0.5) is 13.2 Å². The average Bonchev–Trinajstić information content (AvgIpc) is 2.38. The van der Waals surface area contributed by atoms with Gasteiger partial charge in [-0.1, -0.05) is 62.2 Å². The summed E-state index contributed by atoms with van der Waals surface area (Å²) in [6, 6.07) is 11.7. The van der Waals surface area contributed by atoms with Gasteiger partial charge in [0.15, 0.2) is 0 Å². The number of halogens is 5. The van der Waals surface area contributed by atoms with Crippen LogP contribution in [0.15, 0.2) is 46.9 Å². The molecule has 0 fully saturated rings. The van der Waals surface area contributed by atoms with Crippen molar-refractivity contribution < 1.29 is 13.2 Å². The first-order valence-corrected chi connectivity index (χ1v) is 7.35. The van der Waals surface area contributed by atoms with Crippen molar-refractivity contribution in [1.29, 1.82) is 0 Å². The molecule has 0 radical (unpaired) electrons. The highest BCUT2D eigenvalue weighted by atomic mass is 79.9. The van der Waals surface area contributed by atoms with E-state index in [1.165, 1.54) is 6.07 Å². The quantitative estimate of drug-likeness (QED) is 0.546. The molecule has 0 bridgehead atoms. The van der Waals surface area contributed by atoms with Crippen molar-refractivity contribution in [3.63, 3.8) is 0 Å². The largest absolute Gasteiger partial charge is 0.417 e. The van der Waals surface area contributed by atoms with Gasteiger partial charge in [0.25, 0.3) is 0 Å². The molecule has 2 aromatic carbocycles. The van der Waals surface area contributed by atoms with Crippen LogP contribution >= 0.6 is 31.9 Å². The highest BCUT2D eigenvalue weighted by Crippen LogP contribution is 2.37. The summed E-state index contributed by atoms with van der Waals surface area (Å²) in [6.45, 7) is 0. The van der Waals surface area contributed by atoms with Crippen LogP contribution in [-0.2, 0) is 11.5 Å². The molecule has 0 aliphatic heterocycles. The fourth-order valence-electron chi connectivity index (χ4n) is 1.71. The van der Waals surface area contributed by atoms with Crippen LogP contribution in [0.2, 0.25) is 0 Å². The summed E-state index contributed by atoms with van der Waals surface area (Å²) >= 11 is 6.27. The van der Waals surface area contributed by atoms with E-state index < -0.39 is 11.7 Å². The Bertz CT molecular complexity index is 574. The van der Waals surface area contributed by atoms with Crippen molar-refractivity contribution in [2.75, 3.05) is 0 Å². The minimum absolute atomic E-state index is 0.0563. The van der Waals surface area contributed by atoms with E-state index in [4.69, 9.17) is 0 Å². The molecule has 0 atom stereocenters. The Kier molecular flexibility index (Phi) is 4.36. The highest BCUT2D eigenvalue weighted by Gasteiger charge is 2.33. The molecule has 0 saturated heterocycles. The average molecular weight is 394 g/mol. The first kappa shape index (κ1) is 14.6. The van der Waals surface area contributed by atoms with E-state index in [1.807, 2.05) is 24.3 Å². The van der Waals surface area contributed by atoms with Crippen LogP contribution < -0.4 is 0 Å². The van der Waals surface area contributed by atoms with E-state index in [0.717, 1.165) is 22.5 Å². The maximum atomic E-state index is 12.8. The Morgan fingerprint density at radius 3 is 2.00 bits per heavy atom. The second kappa shape index (κ2) is 5.67. The Balaban J connectivity index is 2.45. The van der Waals surface area contributed by atoms with Crippen molar-refractivity contribution in [3.8, 4) is 11.1 Å². The fourth-order valence-corrected chi connectivity index (χ4v) is 2.55. The number of rotatable bonds is 2. The van der Waals surface area contributed by atoms with Gasteiger partial charge in [-0.25, -0.2) is 0 Å². The molecule has 0 heterocycles. The maximum absolute atomic E-state index is 12.8. The maximum Gasteiger partial charge on any atom is 0.417 e. The van der Waals surface area contributed by atoms with E-state index in [-0.39, 0.29) is 4.47 Å². The van der Waals surface area contributed by atoms with Gasteiger partial charge in [-0.3, -0.25) is 0 Å². The van der Waals surface area contributed by atoms with Crippen LogP contribution in [0.1, 0.15) is 11.1 Å². The molecular formula is C14H9Br2F3. The zero-order valence-corrected chi connectivity index (χ0v) is 12.8. The number of hydrogen-bond acceptors (Lipinski definition) is 0. The van der Waals surface area contributed by atoms with Crippen LogP contribution in [0.3, 0.4) is 0 Å². The van der Waals surface area contributed by atoms with Gasteiger partial charge in [0, 0.05) is 9.80 Å². The third-order valence-electron chi connectivity index (χ3n) is 2.71. The smallest absolute Gasteiger partial charge is 0.166 e. The molecule has 0 nitrogen and oxygen atoms in total. The molecule has 100 valence electrons. The van der Waals surface area contributed by atoms with Crippen LogP contribution in [0.25, 0.3) is 11.1 Å². The van der Waals surface area contributed by atoms with Crippen LogP contribution in [0, 0.1) is 0 Å². The zero-order valence-electron chi connectivity index (χ0n) is 9.64. The molecule has 0 saturated carbocycles. The third-order valence-corrected chi connectivity index (χ3v) is 4.05. The van der Waals surface area contributed by atoms with Gasteiger partial charge in [0.1, 0.15) is 0 Å². The third kappa shape index (κ3) is 3.39. The van der Waals surface area contributed by atoms with E-state index in [2.05, 4.69) is 31.9 Å². The molecule has 2 rings (SSSR count). The normalized spacial score (nSPS) is 11.6. The summed E-state index contributed by atoms with van der Waals surface area (Å²) in [5.74, 6) is 0. The van der Waals surface area contributed by atoms with E-state index in [0.29, 0.717) is 5.56 Å². The van der Waals surface area contributed by atoms with E-state index >= 15 is 0 Å². The first-order chi connectivity index (χ1) is 8.91. The topological polar surface area (TPSA) is 0 Å². The van der Waals surface area contributed by atoms with Crippen molar-refractivity contribution >= 4 is 31.9 Å². The van der Waals surface area contributed by atoms with E-state index in [9.17, 15) is 13.2 Å². The number of alkyl halides is 4. The van der Waals surface area contributed by atoms with Crippen molar-refractivity contribution in [2.45, 2.75) is 11.5 Å². The molecule has 0 aliphatic carbocycles. The van der Waals surface area contributed by atoms with Gasteiger partial charge in [-0.05, 0) is 28.8 Å². The highest BCUT2D eigenvalue weighted by molar-refractivity contribution is 9.10. The van der Waals surface area contributed by atoms with Gasteiger partial charge in [-0.2, -0.15) is 13.2 Å². The summed E-state index contributed by atoms with van der Waals surface area (Å²) < 4.78 is 38.5. The molecule has 0 aliphatic rings. The summed E-state index contributed by atoms with van der Waals surface area (Å²) in [7, 11) is 0. The Morgan fingerprint density at radius 1 is 0.895 bits per heavy atom. The Labute approximate surface area is 125 Å². The molecule has 5 heteroatoms. The summed E-state index contributed by atoms with van der Waals surface area (Å²) in [5, 5.41) is 0.724. The number of hydrogen-bond donors (Lipinski definition) is 0. The number of benzene rings is 2. The Morgan fingerprint density at radius 2 is 1.47 bits per heavy atom. The predicted octanol–water partition coefficient (Wildman–Crippen LogP) is 6.03. The SMILES string of the molecule is FC(F)(F)c1cc(-c2ccc(CBr)cc2)ccc1Br. The van der Waals surface area contributed by atoms with Gasteiger partial charge in [-0.15, -0.1) is 0 Å².